The number of ether oxygens (including phenoxy) is 2. The summed E-state index contributed by atoms with van der Waals surface area (Å²) in [6.07, 6.45) is 5.60. The van der Waals surface area contributed by atoms with Gasteiger partial charge in [-0.25, -0.2) is 0 Å². The first-order chi connectivity index (χ1) is 17.6. The fraction of sp³-hybridized carbons (Fsp3) is 0.188. The number of hydrogen-bond acceptors (Lipinski definition) is 4. The Balaban J connectivity index is 1.12. The first-order valence-electron chi connectivity index (χ1n) is 12.3. The second-order valence-corrected chi connectivity index (χ2v) is 8.73. The maximum absolute atomic E-state index is 5.85. The Kier molecular flexibility index (Phi) is 9.04. The minimum atomic E-state index is 0.655. The van der Waals surface area contributed by atoms with E-state index in [9.17, 15) is 0 Å². The largest absolute Gasteiger partial charge is 0.494 e. The molecule has 4 heteroatoms. The van der Waals surface area contributed by atoms with Gasteiger partial charge in [0.2, 0.25) is 0 Å². The van der Waals surface area contributed by atoms with Gasteiger partial charge in [-0.2, -0.15) is 0 Å². The second-order valence-electron chi connectivity index (χ2n) is 8.73. The molecule has 182 valence electrons. The Hall–Kier alpha value is -4.18. The van der Waals surface area contributed by atoms with Crippen molar-refractivity contribution in [2.75, 3.05) is 13.2 Å². The van der Waals surface area contributed by atoms with Crippen LogP contribution in [0.15, 0.2) is 107 Å². The van der Waals surface area contributed by atoms with Crippen LogP contribution in [0.4, 0.5) is 11.4 Å². The first-order valence-corrected chi connectivity index (χ1v) is 12.3. The zero-order valence-electron chi connectivity index (χ0n) is 20.9. The summed E-state index contributed by atoms with van der Waals surface area (Å²) in [5.74, 6) is 1.71. The summed E-state index contributed by atoms with van der Waals surface area (Å²) in [7, 11) is 0. The summed E-state index contributed by atoms with van der Waals surface area (Å²) in [5.41, 5.74) is 6.48. The van der Waals surface area contributed by atoms with Gasteiger partial charge < -0.3 is 9.47 Å². The van der Waals surface area contributed by atoms with Gasteiger partial charge in [0, 0.05) is 12.4 Å². The van der Waals surface area contributed by atoms with Gasteiger partial charge in [-0.1, -0.05) is 59.7 Å². The third-order valence-corrected chi connectivity index (χ3v) is 5.63. The molecule has 0 unspecified atom stereocenters. The van der Waals surface area contributed by atoms with E-state index in [0.29, 0.717) is 13.2 Å². The predicted molar refractivity (Wildman–Crippen MR) is 150 cm³/mol. The number of unbranched alkanes of at least 4 members (excludes halogenated alkanes) is 1. The van der Waals surface area contributed by atoms with E-state index in [-0.39, 0.29) is 0 Å². The summed E-state index contributed by atoms with van der Waals surface area (Å²) in [4.78, 5) is 9.05. The lowest BCUT2D eigenvalue weighted by atomic mass is 10.2. The topological polar surface area (TPSA) is 43.2 Å². The van der Waals surface area contributed by atoms with Crippen LogP contribution in [0, 0.1) is 13.8 Å². The monoisotopic (exact) mass is 476 g/mol. The molecule has 0 atom stereocenters. The SMILES string of the molecule is Cc1ccc(C=Nc2ccc(OCCCCOc3ccc(N=Cc4ccc(C)cc4)cc3)cc2)cc1. The molecule has 4 nitrogen and oxygen atoms in total. The molecular formula is C32H32N2O2. The number of benzene rings is 4. The summed E-state index contributed by atoms with van der Waals surface area (Å²) < 4.78 is 11.7. The zero-order chi connectivity index (χ0) is 25.0. The van der Waals surface area contributed by atoms with Crippen molar-refractivity contribution in [1.29, 1.82) is 0 Å². The number of nitrogens with zero attached hydrogens (tertiary/aromatic N) is 2. The number of aryl methyl sites for hydroxylation is 2. The molecule has 36 heavy (non-hydrogen) atoms. The summed E-state index contributed by atoms with van der Waals surface area (Å²) in [5, 5.41) is 0. The summed E-state index contributed by atoms with van der Waals surface area (Å²) in [6, 6.07) is 32.3. The zero-order valence-corrected chi connectivity index (χ0v) is 20.9. The molecule has 0 aliphatic rings. The van der Waals surface area contributed by atoms with Crippen molar-refractivity contribution in [3.63, 3.8) is 0 Å². The van der Waals surface area contributed by atoms with E-state index in [0.717, 1.165) is 46.8 Å². The van der Waals surface area contributed by atoms with Crippen LogP contribution < -0.4 is 9.47 Å². The summed E-state index contributed by atoms with van der Waals surface area (Å²) >= 11 is 0. The van der Waals surface area contributed by atoms with Crippen LogP contribution in [-0.2, 0) is 0 Å². The van der Waals surface area contributed by atoms with Crippen molar-refractivity contribution in [3.8, 4) is 11.5 Å². The maximum Gasteiger partial charge on any atom is 0.119 e. The Morgan fingerprint density at radius 1 is 0.500 bits per heavy atom. The van der Waals surface area contributed by atoms with Crippen molar-refractivity contribution < 1.29 is 9.47 Å². The van der Waals surface area contributed by atoms with Gasteiger partial charge in [-0.15, -0.1) is 0 Å². The van der Waals surface area contributed by atoms with Gasteiger partial charge in [-0.3, -0.25) is 9.98 Å². The Morgan fingerprint density at radius 2 is 0.861 bits per heavy atom. The first kappa shape index (κ1) is 24.9. The average molecular weight is 477 g/mol. The van der Waals surface area contributed by atoms with Crippen LogP contribution in [0.2, 0.25) is 0 Å². The van der Waals surface area contributed by atoms with E-state index >= 15 is 0 Å². The molecule has 0 amide bonds. The molecule has 0 radical (unpaired) electrons. The van der Waals surface area contributed by atoms with Crippen molar-refractivity contribution in [2.45, 2.75) is 26.7 Å². The Morgan fingerprint density at radius 3 is 1.22 bits per heavy atom. The van der Waals surface area contributed by atoms with E-state index in [1.807, 2.05) is 61.0 Å². The molecule has 0 heterocycles. The molecule has 0 bridgehead atoms. The fourth-order valence-electron chi connectivity index (χ4n) is 3.44. The van der Waals surface area contributed by atoms with Crippen LogP contribution in [0.25, 0.3) is 0 Å². The van der Waals surface area contributed by atoms with Crippen LogP contribution in [0.5, 0.6) is 11.5 Å². The molecule has 0 aliphatic heterocycles. The third-order valence-electron chi connectivity index (χ3n) is 5.63. The normalized spacial score (nSPS) is 11.3. The van der Waals surface area contributed by atoms with Crippen molar-refractivity contribution in [1.82, 2.24) is 0 Å². The van der Waals surface area contributed by atoms with E-state index in [1.165, 1.54) is 11.1 Å². The highest BCUT2D eigenvalue weighted by Gasteiger charge is 1.98. The predicted octanol–water partition coefficient (Wildman–Crippen LogP) is 8.04. The molecular weight excluding hydrogens is 444 g/mol. The van der Waals surface area contributed by atoms with Gasteiger partial charge in [0.05, 0.1) is 24.6 Å². The van der Waals surface area contributed by atoms with Crippen molar-refractivity contribution in [2.24, 2.45) is 9.98 Å². The maximum atomic E-state index is 5.85. The fourth-order valence-corrected chi connectivity index (χ4v) is 3.44. The Labute approximate surface area is 214 Å². The highest BCUT2D eigenvalue weighted by atomic mass is 16.5. The number of aliphatic imine (C=N–C) groups is 2. The molecule has 0 saturated heterocycles. The van der Waals surface area contributed by atoms with Gasteiger partial charge >= 0.3 is 0 Å². The van der Waals surface area contributed by atoms with Gasteiger partial charge in [-0.05, 0) is 86.3 Å². The molecule has 0 aromatic heterocycles. The van der Waals surface area contributed by atoms with Gasteiger partial charge in [0.1, 0.15) is 11.5 Å². The summed E-state index contributed by atoms with van der Waals surface area (Å²) in [6.45, 7) is 5.47. The molecule has 0 fully saturated rings. The van der Waals surface area contributed by atoms with Crippen molar-refractivity contribution in [3.05, 3.63) is 119 Å². The highest BCUT2D eigenvalue weighted by molar-refractivity contribution is 5.82. The van der Waals surface area contributed by atoms with Crippen LogP contribution in [-0.4, -0.2) is 25.6 Å². The number of hydrogen-bond donors (Lipinski definition) is 0. The van der Waals surface area contributed by atoms with Gasteiger partial charge in [0.25, 0.3) is 0 Å². The highest BCUT2D eigenvalue weighted by Crippen LogP contribution is 2.20. The molecule has 4 rings (SSSR count). The quantitative estimate of drug-likeness (QED) is 0.162. The van der Waals surface area contributed by atoms with Crippen LogP contribution in [0.3, 0.4) is 0 Å². The molecule has 4 aromatic carbocycles. The smallest absolute Gasteiger partial charge is 0.119 e. The van der Waals surface area contributed by atoms with E-state index in [1.54, 1.807) is 0 Å². The Bertz CT molecular complexity index is 1160. The van der Waals surface area contributed by atoms with E-state index in [2.05, 4.69) is 72.4 Å². The molecule has 0 saturated carbocycles. The molecule has 0 aliphatic carbocycles. The standard InChI is InChI=1S/C32H32N2O2/c1-25-5-9-27(10-6-25)23-33-29-13-17-31(18-14-29)35-21-3-4-22-36-32-19-15-30(16-20-32)34-24-28-11-7-26(2)8-12-28/h5-20,23-24H,3-4,21-22H2,1-2H3. The van der Waals surface area contributed by atoms with Crippen LogP contribution >= 0.6 is 0 Å². The third kappa shape index (κ3) is 8.24. The minimum absolute atomic E-state index is 0.655. The lowest BCUT2D eigenvalue weighted by molar-refractivity contribution is 0.266. The van der Waals surface area contributed by atoms with Crippen molar-refractivity contribution >= 4 is 23.8 Å². The molecule has 0 spiro atoms. The van der Waals surface area contributed by atoms with Gasteiger partial charge in [0.15, 0.2) is 0 Å². The lowest BCUT2D eigenvalue weighted by Gasteiger charge is -2.08. The molecule has 4 aromatic rings. The second kappa shape index (κ2) is 13.1. The lowest BCUT2D eigenvalue weighted by Crippen LogP contribution is -2.02. The minimum Gasteiger partial charge on any atom is -0.494 e. The van der Waals surface area contributed by atoms with E-state index in [4.69, 9.17) is 9.47 Å². The van der Waals surface area contributed by atoms with Crippen LogP contribution in [0.1, 0.15) is 35.1 Å². The molecule has 0 N–H and O–H groups in total. The van der Waals surface area contributed by atoms with E-state index < -0.39 is 0 Å². The number of rotatable bonds is 11. The average Bonchev–Trinajstić information content (AvgIpc) is 2.91.